The third kappa shape index (κ3) is 5.83. The van der Waals surface area contributed by atoms with Gasteiger partial charge in [-0.25, -0.2) is 8.42 Å². The number of hydrogen-bond donors (Lipinski definition) is 1. The second kappa shape index (κ2) is 10.2. The lowest BCUT2D eigenvalue weighted by atomic mass is 10.2. The molecule has 1 unspecified atom stereocenters. The Labute approximate surface area is 201 Å². The summed E-state index contributed by atoms with van der Waals surface area (Å²) in [4.78, 5) is 13.0. The van der Waals surface area contributed by atoms with E-state index in [1.807, 2.05) is 13.8 Å². The van der Waals surface area contributed by atoms with Gasteiger partial charge in [0.05, 0.1) is 20.2 Å². The Bertz CT molecular complexity index is 1230. The molecule has 0 aliphatic carbocycles. The zero-order chi connectivity index (χ0) is 23.5. The lowest BCUT2D eigenvalue weighted by molar-refractivity contribution is -0.115. The Kier molecular flexibility index (Phi) is 7.87. The molecule has 2 aromatic carbocycles. The summed E-state index contributed by atoms with van der Waals surface area (Å²) in [5, 5.41) is 11.7. The SMILES string of the molecule is CCC(Sc1nnc(CS(=O)(=O)c2ccc(C)cc2)n1C)C(=O)Nc1ccc(Cl)c(Cl)c1. The fraction of sp³-hybridized carbons (Fsp3) is 0.286. The van der Waals surface area contributed by atoms with Gasteiger partial charge in [0, 0.05) is 12.7 Å². The van der Waals surface area contributed by atoms with Crippen LogP contribution < -0.4 is 5.32 Å². The molecule has 1 heterocycles. The highest BCUT2D eigenvalue weighted by Crippen LogP contribution is 2.28. The maximum absolute atomic E-state index is 12.7. The summed E-state index contributed by atoms with van der Waals surface area (Å²) >= 11 is 13.1. The Morgan fingerprint density at radius 1 is 1.12 bits per heavy atom. The van der Waals surface area contributed by atoms with E-state index in [2.05, 4.69) is 15.5 Å². The van der Waals surface area contributed by atoms with Gasteiger partial charge in [0.15, 0.2) is 15.0 Å². The van der Waals surface area contributed by atoms with Crippen LogP contribution in [0.4, 0.5) is 5.69 Å². The molecule has 1 N–H and O–H groups in total. The first-order valence-electron chi connectivity index (χ1n) is 9.71. The number of nitrogens with zero attached hydrogens (tertiary/aromatic N) is 3. The number of thioether (sulfide) groups is 1. The molecule has 32 heavy (non-hydrogen) atoms. The molecule has 0 spiro atoms. The van der Waals surface area contributed by atoms with Crippen LogP contribution >= 0.6 is 35.0 Å². The van der Waals surface area contributed by atoms with Crippen LogP contribution in [0.15, 0.2) is 52.5 Å². The molecule has 0 saturated heterocycles. The normalized spacial score (nSPS) is 12.5. The van der Waals surface area contributed by atoms with Gasteiger partial charge < -0.3 is 9.88 Å². The number of anilines is 1. The van der Waals surface area contributed by atoms with Crippen molar-refractivity contribution in [2.75, 3.05) is 5.32 Å². The van der Waals surface area contributed by atoms with E-state index in [0.29, 0.717) is 33.1 Å². The van der Waals surface area contributed by atoms with Crippen LogP contribution in [0, 0.1) is 6.92 Å². The molecule has 0 bridgehead atoms. The molecule has 3 rings (SSSR count). The number of nitrogens with one attached hydrogen (secondary N) is 1. The Morgan fingerprint density at radius 3 is 2.44 bits per heavy atom. The Morgan fingerprint density at radius 2 is 1.81 bits per heavy atom. The number of carbonyl (C=O) groups excluding carboxylic acids is 1. The van der Waals surface area contributed by atoms with Crippen molar-refractivity contribution in [2.24, 2.45) is 7.05 Å². The molecule has 0 aliphatic rings. The number of hydrogen-bond acceptors (Lipinski definition) is 6. The molecule has 0 aliphatic heterocycles. The van der Waals surface area contributed by atoms with Gasteiger partial charge in [-0.1, -0.05) is 59.6 Å². The van der Waals surface area contributed by atoms with Crippen LogP contribution in [0.1, 0.15) is 24.7 Å². The van der Waals surface area contributed by atoms with Gasteiger partial charge in [0.25, 0.3) is 0 Å². The van der Waals surface area contributed by atoms with Crippen LogP contribution in [-0.4, -0.2) is 34.3 Å². The molecular weight excluding hydrogens is 491 g/mol. The Balaban J connectivity index is 1.72. The first kappa shape index (κ1) is 24.6. The van der Waals surface area contributed by atoms with Crippen LogP contribution in [0.2, 0.25) is 10.0 Å². The van der Waals surface area contributed by atoms with Gasteiger partial charge in [0.1, 0.15) is 11.6 Å². The molecule has 0 radical (unpaired) electrons. The summed E-state index contributed by atoms with van der Waals surface area (Å²) in [7, 11) is -1.89. The highest BCUT2D eigenvalue weighted by atomic mass is 35.5. The minimum Gasteiger partial charge on any atom is -0.325 e. The van der Waals surface area contributed by atoms with Gasteiger partial charge in [-0.2, -0.15) is 0 Å². The minimum absolute atomic E-state index is 0.229. The zero-order valence-electron chi connectivity index (χ0n) is 17.7. The lowest BCUT2D eigenvalue weighted by Crippen LogP contribution is -2.25. The van der Waals surface area contributed by atoms with Crippen molar-refractivity contribution in [3.8, 4) is 0 Å². The second-order valence-electron chi connectivity index (χ2n) is 7.16. The first-order chi connectivity index (χ1) is 15.1. The van der Waals surface area contributed by atoms with Gasteiger partial charge in [0.2, 0.25) is 5.91 Å². The van der Waals surface area contributed by atoms with Crippen molar-refractivity contribution in [3.63, 3.8) is 0 Å². The summed E-state index contributed by atoms with van der Waals surface area (Å²) in [5.74, 6) is -0.215. The fourth-order valence-corrected chi connectivity index (χ4v) is 5.36. The maximum atomic E-state index is 12.7. The molecule has 11 heteroatoms. The van der Waals surface area contributed by atoms with Gasteiger partial charge in [-0.05, 0) is 43.7 Å². The van der Waals surface area contributed by atoms with E-state index in [1.54, 1.807) is 54.1 Å². The molecule has 0 saturated carbocycles. The molecule has 1 amide bonds. The summed E-state index contributed by atoms with van der Waals surface area (Å²) in [6, 6.07) is 11.5. The monoisotopic (exact) mass is 512 g/mol. The third-order valence-electron chi connectivity index (χ3n) is 4.72. The van der Waals surface area contributed by atoms with E-state index in [4.69, 9.17) is 23.2 Å². The smallest absolute Gasteiger partial charge is 0.237 e. The molecular formula is C21H22Cl2N4O3S2. The van der Waals surface area contributed by atoms with E-state index < -0.39 is 15.1 Å². The van der Waals surface area contributed by atoms with Crippen molar-refractivity contribution in [1.82, 2.24) is 14.8 Å². The van der Waals surface area contributed by atoms with E-state index >= 15 is 0 Å². The molecule has 170 valence electrons. The largest absolute Gasteiger partial charge is 0.325 e. The number of halogens is 2. The van der Waals surface area contributed by atoms with Gasteiger partial charge >= 0.3 is 0 Å². The number of benzene rings is 2. The number of amides is 1. The van der Waals surface area contributed by atoms with Crippen LogP contribution in [0.5, 0.6) is 0 Å². The van der Waals surface area contributed by atoms with E-state index in [9.17, 15) is 13.2 Å². The van der Waals surface area contributed by atoms with E-state index in [-0.39, 0.29) is 16.6 Å². The predicted octanol–water partition coefficient (Wildman–Crippen LogP) is 4.91. The summed E-state index contributed by atoms with van der Waals surface area (Å²) < 4.78 is 27.1. The third-order valence-corrected chi connectivity index (χ3v) is 8.49. The molecule has 1 aromatic heterocycles. The average Bonchev–Trinajstić information content (AvgIpc) is 3.07. The molecule has 1 atom stereocenters. The Hall–Kier alpha value is -2.07. The fourth-order valence-electron chi connectivity index (χ4n) is 2.82. The quantitative estimate of drug-likeness (QED) is 0.430. The first-order valence-corrected chi connectivity index (χ1v) is 13.0. The summed E-state index contributed by atoms with van der Waals surface area (Å²) in [6.45, 7) is 3.77. The van der Waals surface area contributed by atoms with Gasteiger partial charge in [-0.3, -0.25) is 4.79 Å². The summed E-state index contributed by atoms with van der Waals surface area (Å²) in [6.07, 6.45) is 0.529. The lowest BCUT2D eigenvalue weighted by Gasteiger charge is -2.14. The molecule has 0 fully saturated rings. The number of aryl methyl sites for hydroxylation is 1. The number of aromatic nitrogens is 3. The number of sulfone groups is 1. The topological polar surface area (TPSA) is 93.9 Å². The maximum Gasteiger partial charge on any atom is 0.237 e. The predicted molar refractivity (Wildman–Crippen MR) is 128 cm³/mol. The molecule has 7 nitrogen and oxygen atoms in total. The van der Waals surface area contributed by atoms with Crippen molar-refractivity contribution in [1.29, 1.82) is 0 Å². The van der Waals surface area contributed by atoms with Crippen molar-refractivity contribution >= 4 is 56.4 Å². The van der Waals surface area contributed by atoms with E-state index in [0.717, 1.165) is 5.56 Å². The van der Waals surface area contributed by atoms with Crippen LogP contribution in [-0.2, 0) is 27.4 Å². The minimum atomic E-state index is -3.57. The standard InChI is InChI=1S/C21H22Cl2N4O3S2/c1-4-18(20(28)24-14-7-10-16(22)17(23)11-14)31-21-26-25-19(27(21)3)12-32(29,30)15-8-5-13(2)6-9-15/h5-11,18H,4,12H2,1-3H3,(H,24,28). The van der Waals surface area contributed by atoms with E-state index in [1.165, 1.54) is 11.8 Å². The number of carbonyl (C=O) groups is 1. The highest BCUT2D eigenvalue weighted by Gasteiger charge is 2.24. The summed E-state index contributed by atoms with van der Waals surface area (Å²) in [5.41, 5.74) is 1.51. The highest BCUT2D eigenvalue weighted by molar-refractivity contribution is 8.00. The number of rotatable bonds is 8. The molecule has 3 aromatic rings. The van der Waals surface area contributed by atoms with Crippen molar-refractivity contribution in [2.45, 2.75) is 41.3 Å². The van der Waals surface area contributed by atoms with Crippen LogP contribution in [0.3, 0.4) is 0 Å². The van der Waals surface area contributed by atoms with Crippen molar-refractivity contribution in [3.05, 3.63) is 63.9 Å². The van der Waals surface area contributed by atoms with Crippen LogP contribution in [0.25, 0.3) is 0 Å². The van der Waals surface area contributed by atoms with Crippen molar-refractivity contribution < 1.29 is 13.2 Å². The average molecular weight is 513 g/mol. The second-order valence-corrected chi connectivity index (χ2v) is 11.1. The van der Waals surface area contributed by atoms with Gasteiger partial charge in [-0.15, -0.1) is 10.2 Å². The zero-order valence-corrected chi connectivity index (χ0v) is 20.8.